The van der Waals surface area contributed by atoms with Gasteiger partial charge in [-0.3, -0.25) is 9.78 Å². The summed E-state index contributed by atoms with van der Waals surface area (Å²) in [7, 11) is 0. The van der Waals surface area contributed by atoms with Crippen molar-refractivity contribution in [3.05, 3.63) is 36.0 Å². The standard InChI is InChI=1S/C21H19N5O4/c1-11(2)30-21(29)24-10-13-8-16(24)18-19(27)26(20(28)25(13)18)15-6-5-12(9-22)17-14(15)4-3-7-23-17/h3-7,11,13,16,18H,8,10H2,1-2H3. The lowest BCUT2D eigenvalue weighted by molar-refractivity contribution is -0.121. The average Bonchev–Trinajstić information content (AvgIpc) is 3.38. The van der Waals surface area contributed by atoms with Gasteiger partial charge in [-0.05, 0) is 44.5 Å². The Balaban J connectivity index is 1.53. The maximum absolute atomic E-state index is 13.4. The van der Waals surface area contributed by atoms with Gasteiger partial charge in [-0.2, -0.15) is 5.26 Å². The molecule has 0 N–H and O–H groups in total. The number of fused-ring (bicyclic) bond motifs is 6. The second-order valence-corrected chi connectivity index (χ2v) is 7.99. The van der Waals surface area contributed by atoms with Crippen molar-refractivity contribution in [3.8, 4) is 6.07 Å². The van der Waals surface area contributed by atoms with E-state index < -0.39 is 24.2 Å². The molecule has 3 unspecified atom stereocenters. The molecule has 4 amide bonds. The molecule has 152 valence electrons. The molecule has 3 fully saturated rings. The van der Waals surface area contributed by atoms with Gasteiger partial charge >= 0.3 is 12.1 Å². The summed E-state index contributed by atoms with van der Waals surface area (Å²) in [5.74, 6) is -0.371. The fourth-order valence-corrected chi connectivity index (χ4v) is 4.80. The lowest BCUT2D eigenvalue weighted by Crippen LogP contribution is -2.55. The lowest BCUT2D eigenvalue weighted by atomic mass is 10.1. The van der Waals surface area contributed by atoms with E-state index in [0.29, 0.717) is 35.1 Å². The summed E-state index contributed by atoms with van der Waals surface area (Å²) in [4.78, 5) is 47.7. The van der Waals surface area contributed by atoms with Crippen molar-refractivity contribution < 1.29 is 19.1 Å². The minimum atomic E-state index is -0.724. The number of likely N-dealkylation sites (tertiary alicyclic amines) is 1. The molecule has 0 spiro atoms. The number of urea groups is 1. The van der Waals surface area contributed by atoms with Crippen molar-refractivity contribution in [1.29, 1.82) is 5.26 Å². The number of ether oxygens (including phenoxy) is 1. The zero-order valence-corrected chi connectivity index (χ0v) is 16.5. The first-order valence-corrected chi connectivity index (χ1v) is 9.83. The Morgan fingerprint density at radius 3 is 2.83 bits per heavy atom. The highest BCUT2D eigenvalue weighted by atomic mass is 16.6. The number of piperazine rings is 1. The molecule has 4 heterocycles. The predicted molar refractivity (Wildman–Crippen MR) is 105 cm³/mol. The van der Waals surface area contributed by atoms with Gasteiger partial charge in [-0.1, -0.05) is 0 Å². The van der Waals surface area contributed by atoms with E-state index in [1.165, 1.54) is 0 Å². The van der Waals surface area contributed by atoms with Gasteiger partial charge in [0.1, 0.15) is 12.1 Å². The second kappa shape index (κ2) is 6.42. The number of rotatable bonds is 2. The Labute approximate surface area is 172 Å². The van der Waals surface area contributed by atoms with E-state index in [-0.39, 0.29) is 18.1 Å². The van der Waals surface area contributed by atoms with Crippen LogP contribution in [-0.2, 0) is 9.53 Å². The van der Waals surface area contributed by atoms with Crippen molar-refractivity contribution >= 4 is 34.6 Å². The quantitative estimate of drug-likeness (QED) is 0.710. The van der Waals surface area contributed by atoms with Gasteiger partial charge in [-0.25, -0.2) is 14.5 Å². The first-order chi connectivity index (χ1) is 14.4. The fraction of sp³-hybridized carbons (Fsp3) is 0.381. The van der Waals surface area contributed by atoms with Crippen LogP contribution in [0.1, 0.15) is 25.8 Å². The van der Waals surface area contributed by atoms with Crippen molar-refractivity contribution in [1.82, 2.24) is 14.8 Å². The first kappa shape index (κ1) is 18.4. The molecule has 9 nitrogen and oxygen atoms in total. The number of nitrogens with zero attached hydrogens (tertiary/aromatic N) is 5. The Kier molecular flexibility index (Phi) is 3.93. The number of imide groups is 1. The van der Waals surface area contributed by atoms with Gasteiger partial charge < -0.3 is 14.5 Å². The molecule has 0 aliphatic carbocycles. The van der Waals surface area contributed by atoms with Crippen molar-refractivity contribution in [3.63, 3.8) is 0 Å². The molecule has 3 aliphatic heterocycles. The molecule has 30 heavy (non-hydrogen) atoms. The van der Waals surface area contributed by atoms with Gasteiger partial charge in [-0.15, -0.1) is 0 Å². The number of benzene rings is 1. The van der Waals surface area contributed by atoms with E-state index in [0.717, 1.165) is 4.90 Å². The van der Waals surface area contributed by atoms with E-state index >= 15 is 0 Å². The summed E-state index contributed by atoms with van der Waals surface area (Å²) < 4.78 is 5.31. The Morgan fingerprint density at radius 1 is 1.30 bits per heavy atom. The zero-order valence-electron chi connectivity index (χ0n) is 16.5. The summed E-state index contributed by atoms with van der Waals surface area (Å²) in [5.41, 5.74) is 1.21. The average molecular weight is 405 g/mol. The van der Waals surface area contributed by atoms with Crippen LogP contribution < -0.4 is 4.90 Å². The van der Waals surface area contributed by atoms with Crippen LogP contribution in [0.3, 0.4) is 0 Å². The van der Waals surface area contributed by atoms with Crippen LogP contribution in [0.2, 0.25) is 0 Å². The van der Waals surface area contributed by atoms with Crippen molar-refractivity contribution in [2.75, 3.05) is 11.4 Å². The number of hydrogen-bond donors (Lipinski definition) is 0. The van der Waals surface area contributed by atoms with Crippen molar-refractivity contribution in [2.24, 2.45) is 0 Å². The number of hydrogen-bond acceptors (Lipinski definition) is 6. The molecule has 9 heteroatoms. The highest BCUT2D eigenvalue weighted by Gasteiger charge is 2.63. The highest BCUT2D eigenvalue weighted by molar-refractivity contribution is 6.25. The van der Waals surface area contributed by atoms with E-state index in [2.05, 4.69) is 11.1 Å². The van der Waals surface area contributed by atoms with Crippen LogP contribution in [0.25, 0.3) is 10.9 Å². The van der Waals surface area contributed by atoms with Crippen LogP contribution in [0, 0.1) is 11.3 Å². The maximum atomic E-state index is 13.4. The summed E-state index contributed by atoms with van der Waals surface area (Å²) in [6.45, 7) is 3.90. The van der Waals surface area contributed by atoms with E-state index in [1.807, 2.05) is 0 Å². The molecule has 2 bridgehead atoms. The summed E-state index contributed by atoms with van der Waals surface area (Å²) >= 11 is 0. The van der Waals surface area contributed by atoms with Crippen molar-refractivity contribution in [2.45, 2.75) is 44.5 Å². The SMILES string of the molecule is CC(C)OC(=O)N1CC2CC1C1C(=O)N(c3ccc(C#N)c4ncccc34)C(=O)N21. The number of amides is 4. The molecule has 3 saturated heterocycles. The van der Waals surface area contributed by atoms with Gasteiger partial charge in [0.2, 0.25) is 0 Å². The maximum Gasteiger partial charge on any atom is 0.410 e. The molecule has 2 aromatic rings. The molecule has 5 rings (SSSR count). The minimum Gasteiger partial charge on any atom is -0.447 e. The third kappa shape index (κ3) is 2.40. The summed E-state index contributed by atoms with van der Waals surface area (Å²) in [6.07, 6.45) is 1.42. The fourth-order valence-electron chi connectivity index (χ4n) is 4.80. The van der Waals surface area contributed by atoms with Crippen LogP contribution in [0.5, 0.6) is 0 Å². The monoisotopic (exact) mass is 405 g/mol. The van der Waals surface area contributed by atoms with Gasteiger partial charge in [0.25, 0.3) is 5.91 Å². The van der Waals surface area contributed by atoms with Crippen LogP contribution in [0.4, 0.5) is 15.3 Å². The third-order valence-corrected chi connectivity index (χ3v) is 5.94. The number of pyridine rings is 1. The first-order valence-electron chi connectivity index (χ1n) is 9.83. The molecule has 3 aliphatic rings. The number of nitriles is 1. The Bertz CT molecular complexity index is 1140. The molecule has 0 saturated carbocycles. The largest absolute Gasteiger partial charge is 0.447 e. The molecule has 1 aromatic carbocycles. The predicted octanol–water partition coefficient (Wildman–Crippen LogP) is 2.25. The van der Waals surface area contributed by atoms with Crippen LogP contribution >= 0.6 is 0 Å². The Morgan fingerprint density at radius 2 is 2.10 bits per heavy atom. The number of anilines is 1. The molecule has 0 radical (unpaired) electrons. The zero-order chi connectivity index (χ0) is 21.2. The summed E-state index contributed by atoms with van der Waals surface area (Å²) in [5, 5.41) is 9.91. The van der Waals surface area contributed by atoms with E-state index in [9.17, 15) is 19.6 Å². The van der Waals surface area contributed by atoms with E-state index in [1.54, 1.807) is 54.1 Å². The van der Waals surface area contributed by atoms with Crippen LogP contribution in [-0.4, -0.2) is 63.6 Å². The van der Waals surface area contributed by atoms with Gasteiger partial charge in [0.05, 0.1) is 35.0 Å². The van der Waals surface area contributed by atoms with E-state index in [4.69, 9.17) is 4.74 Å². The topological polar surface area (TPSA) is 107 Å². The second-order valence-electron chi connectivity index (χ2n) is 7.99. The number of aromatic nitrogens is 1. The Hall–Kier alpha value is -3.67. The molecule has 3 atom stereocenters. The number of carbonyl (C=O) groups is 3. The molecular formula is C21H19N5O4. The minimum absolute atomic E-state index is 0.219. The summed E-state index contributed by atoms with van der Waals surface area (Å²) in [6, 6.07) is 6.96. The van der Waals surface area contributed by atoms with Gasteiger partial charge in [0.15, 0.2) is 0 Å². The molecular weight excluding hydrogens is 386 g/mol. The normalized spacial score (nSPS) is 24.7. The third-order valence-electron chi connectivity index (χ3n) is 5.94. The lowest BCUT2D eigenvalue weighted by Gasteiger charge is -2.34. The molecule has 1 aromatic heterocycles. The smallest absolute Gasteiger partial charge is 0.410 e. The number of carbonyl (C=O) groups excluding carboxylic acids is 3. The van der Waals surface area contributed by atoms with Crippen LogP contribution in [0.15, 0.2) is 30.5 Å². The van der Waals surface area contributed by atoms with Gasteiger partial charge in [0, 0.05) is 18.1 Å². The highest BCUT2D eigenvalue weighted by Crippen LogP contribution is 2.43.